The van der Waals surface area contributed by atoms with Crippen molar-refractivity contribution in [2.24, 2.45) is 0 Å². The lowest BCUT2D eigenvalue weighted by molar-refractivity contribution is -0.181. The summed E-state index contributed by atoms with van der Waals surface area (Å²) in [6.07, 6.45) is 1.29. The first-order chi connectivity index (χ1) is 13.5. The van der Waals surface area contributed by atoms with Gasteiger partial charge in [0, 0.05) is 36.9 Å². The molecule has 1 N–H and O–H groups in total. The molecule has 10 heteroatoms. The number of hydrogen-bond donors (Lipinski definition) is 1. The van der Waals surface area contributed by atoms with Crippen LogP contribution in [0.1, 0.15) is 33.7 Å². The third-order valence-corrected chi connectivity index (χ3v) is 6.25. The second-order valence-corrected chi connectivity index (χ2v) is 8.19. The van der Waals surface area contributed by atoms with Crippen LogP contribution in [-0.4, -0.2) is 53.8 Å². The van der Waals surface area contributed by atoms with E-state index in [4.69, 9.17) is 32.7 Å². The molecule has 2 saturated heterocycles. The van der Waals surface area contributed by atoms with Crippen LogP contribution < -0.4 is 5.32 Å². The van der Waals surface area contributed by atoms with Crippen LogP contribution in [0.5, 0.6) is 0 Å². The van der Waals surface area contributed by atoms with Crippen LogP contribution in [0.15, 0.2) is 23.6 Å². The normalized spacial score (nSPS) is 18.4. The average Bonchev–Trinajstić information content (AvgIpc) is 3.34. The number of hydrogen-bond acceptors (Lipinski definition) is 6. The average molecular weight is 442 g/mol. The van der Waals surface area contributed by atoms with Crippen molar-refractivity contribution < 1.29 is 19.1 Å². The van der Waals surface area contributed by atoms with Crippen molar-refractivity contribution in [1.82, 2.24) is 9.88 Å². The lowest BCUT2D eigenvalue weighted by Gasteiger charge is -2.37. The van der Waals surface area contributed by atoms with Gasteiger partial charge in [-0.05, 0) is 18.2 Å². The summed E-state index contributed by atoms with van der Waals surface area (Å²) < 4.78 is 11.4. The summed E-state index contributed by atoms with van der Waals surface area (Å²) in [5.41, 5.74) is 0.661. The van der Waals surface area contributed by atoms with Crippen LogP contribution >= 0.6 is 34.5 Å². The maximum absolute atomic E-state index is 12.7. The van der Waals surface area contributed by atoms with Crippen LogP contribution in [0.25, 0.3) is 0 Å². The maximum Gasteiger partial charge on any atom is 0.273 e. The Morgan fingerprint density at radius 3 is 2.54 bits per heavy atom. The van der Waals surface area contributed by atoms with E-state index in [0.29, 0.717) is 65.6 Å². The highest BCUT2D eigenvalue weighted by Gasteiger charge is 2.41. The summed E-state index contributed by atoms with van der Waals surface area (Å²) in [6, 6.07) is 4.60. The standard InChI is InChI=1S/C18H17Cl2N3O4S/c19-12-2-1-11(9-13(12)20)15(24)22-17-21-14(10-28-17)16(25)23-5-3-18(4-6-23)26-7-8-27-18/h1-2,9-10H,3-8H2,(H,21,22,24). The first kappa shape index (κ1) is 19.6. The number of nitrogens with zero attached hydrogens (tertiary/aromatic N) is 2. The van der Waals surface area contributed by atoms with E-state index in [2.05, 4.69) is 10.3 Å². The fourth-order valence-electron chi connectivity index (χ4n) is 3.23. The number of ether oxygens (including phenoxy) is 2. The number of amides is 2. The van der Waals surface area contributed by atoms with Crippen LogP contribution in [-0.2, 0) is 9.47 Å². The number of piperidine rings is 1. The van der Waals surface area contributed by atoms with Crippen LogP contribution in [0.2, 0.25) is 10.0 Å². The Labute approximate surface area is 175 Å². The van der Waals surface area contributed by atoms with E-state index < -0.39 is 5.79 Å². The van der Waals surface area contributed by atoms with Crippen molar-refractivity contribution in [3.05, 3.63) is 44.9 Å². The first-order valence-electron chi connectivity index (χ1n) is 8.75. The second kappa shape index (κ2) is 7.96. The molecule has 4 rings (SSSR count). The van der Waals surface area contributed by atoms with Crippen molar-refractivity contribution >= 4 is 51.5 Å². The van der Waals surface area contributed by atoms with E-state index in [-0.39, 0.29) is 11.8 Å². The summed E-state index contributed by atoms with van der Waals surface area (Å²) in [5, 5.41) is 5.33. The van der Waals surface area contributed by atoms with Crippen molar-refractivity contribution in [3.8, 4) is 0 Å². The molecule has 28 heavy (non-hydrogen) atoms. The lowest BCUT2D eigenvalue weighted by Crippen LogP contribution is -2.47. The van der Waals surface area contributed by atoms with Gasteiger partial charge in [-0.1, -0.05) is 23.2 Å². The van der Waals surface area contributed by atoms with Gasteiger partial charge in [0.1, 0.15) is 5.69 Å². The maximum atomic E-state index is 12.7. The first-order valence-corrected chi connectivity index (χ1v) is 10.4. The van der Waals surface area contributed by atoms with Gasteiger partial charge >= 0.3 is 0 Å². The molecule has 0 aliphatic carbocycles. The molecule has 1 spiro atoms. The summed E-state index contributed by atoms with van der Waals surface area (Å²) in [7, 11) is 0. The Hall–Kier alpha value is -1.71. The summed E-state index contributed by atoms with van der Waals surface area (Å²) >= 11 is 13.0. The number of rotatable bonds is 3. The second-order valence-electron chi connectivity index (χ2n) is 6.52. The molecule has 2 amide bonds. The monoisotopic (exact) mass is 441 g/mol. The largest absolute Gasteiger partial charge is 0.347 e. The molecule has 2 aliphatic heterocycles. The lowest BCUT2D eigenvalue weighted by atomic mass is 10.0. The molecule has 0 unspecified atom stereocenters. The summed E-state index contributed by atoms with van der Waals surface area (Å²) in [6.45, 7) is 2.28. The molecule has 1 aromatic heterocycles. The zero-order valence-corrected chi connectivity index (χ0v) is 17.1. The quantitative estimate of drug-likeness (QED) is 0.785. The molecule has 0 atom stereocenters. The Morgan fingerprint density at radius 2 is 1.86 bits per heavy atom. The zero-order chi connectivity index (χ0) is 19.7. The van der Waals surface area contributed by atoms with E-state index in [9.17, 15) is 9.59 Å². The smallest absolute Gasteiger partial charge is 0.273 e. The molecule has 1 aromatic carbocycles. The highest BCUT2D eigenvalue weighted by Crippen LogP contribution is 2.32. The number of carbonyl (C=O) groups is 2. The Balaban J connectivity index is 1.38. The third kappa shape index (κ3) is 4.01. The van der Waals surface area contributed by atoms with Crippen molar-refractivity contribution in [2.75, 3.05) is 31.6 Å². The molecule has 2 aromatic rings. The minimum absolute atomic E-state index is 0.167. The SMILES string of the molecule is O=C(Nc1nc(C(=O)N2CCC3(CC2)OCCO3)cs1)c1ccc(Cl)c(Cl)c1. The molecule has 7 nitrogen and oxygen atoms in total. The summed E-state index contributed by atoms with van der Waals surface area (Å²) in [5.74, 6) is -1.07. The van der Waals surface area contributed by atoms with E-state index in [1.165, 1.54) is 17.4 Å². The third-order valence-electron chi connectivity index (χ3n) is 4.75. The van der Waals surface area contributed by atoms with E-state index in [1.807, 2.05) is 0 Å². The predicted molar refractivity (Wildman–Crippen MR) is 106 cm³/mol. The molecular formula is C18H17Cl2N3O4S. The van der Waals surface area contributed by atoms with Crippen molar-refractivity contribution in [3.63, 3.8) is 0 Å². The number of anilines is 1. The molecule has 0 bridgehead atoms. The number of nitrogens with one attached hydrogen (secondary N) is 1. The van der Waals surface area contributed by atoms with Crippen molar-refractivity contribution in [1.29, 1.82) is 0 Å². The Kier molecular flexibility index (Phi) is 5.57. The number of thiazole rings is 1. The number of halogens is 2. The molecule has 2 aliphatic rings. The van der Waals surface area contributed by atoms with Crippen LogP contribution in [0, 0.1) is 0 Å². The van der Waals surface area contributed by atoms with Gasteiger partial charge in [-0.15, -0.1) is 11.3 Å². The van der Waals surface area contributed by atoms with Gasteiger partial charge in [0.05, 0.1) is 23.3 Å². The number of aromatic nitrogens is 1. The predicted octanol–water partition coefficient (Wildman–Crippen LogP) is 3.68. The van der Waals surface area contributed by atoms with Gasteiger partial charge in [-0.3, -0.25) is 14.9 Å². The van der Waals surface area contributed by atoms with E-state index in [0.717, 1.165) is 0 Å². The minimum Gasteiger partial charge on any atom is -0.347 e. The van der Waals surface area contributed by atoms with Gasteiger partial charge < -0.3 is 14.4 Å². The highest BCUT2D eigenvalue weighted by molar-refractivity contribution is 7.14. The molecular weight excluding hydrogens is 425 g/mol. The Morgan fingerprint density at radius 1 is 1.14 bits per heavy atom. The zero-order valence-electron chi connectivity index (χ0n) is 14.7. The molecule has 3 heterocycles. The number of benzene rings is 1. The Bertz CT molecular complexity index is 904. The fourth-order valence-corrected chi connectivity index (χ4v) is 4.21. The number of carbonyl (C=O) groups excluding carboxylic acids is 2. The van der Waals surface area contributed by atoms with Crippen molar-refractivity contribution in [2.45, 2.75) is 18.6 Å². The number of likely N-dealkylation sites (tertiary alicyclic amines) is 1. The van der Waals surface area contributed by atoms with Gasteiger partial charge in [0.2, 0.25) is 0 Å². The minimum atomic E-state index is -0.530. The van der Waals surface area contributed by atoms with Gasteiger partial charge in [0.15, 0.2) is 10.9 Å². The highest BCUT2D eigenvalue weighted by atomic mass is 35.5. The summed E-state index contributed by atoms with van der Waals surface area (Å²) in [4.78, 5) is 31.0. The van der Waals surface area contributed by atoms with Crippen LogP contribution in [0.3, 0.4) is 0 Å². The van der Waals surface area contributed by atoms with Gasteiger partial charge in [-0.2, -0.15) is 0 Å². The molecule has 0 saturated carbocycles. The van der Waals surface area contributed by atoms with Gasteiger partial charge in [0.25, 0.3) is 11.8 Å². The van der Waals surface area contributed by atoms with E-state index >= 15 is 0 Å². The topological polar surface area (TPSA) is 80.8 Å². The molecule has 2 fully saturated rings. The van der Waals surface area contributed by atoms with Gasteiger partial charge in [-0.25, -0.2) is 4.98 Å². The molecule has 0 radical (unpaired) electrons. The fraction of sp³-hybridized carbons (Fsp3) is 0.389. The van der Waals surface area contributed by atoms with Crippen LogP contribution in [0.4, 0.5) is 5.13 Å². The van der Waals surface area contributed by atoms with E-state index in [1.54, 1.807) is 22.4 Å². The molecule has 148 valence electrons.